The number of imide groups is 1. The first-order valence-corrected chi connectivity index (χ1v) is 17.7. The second-order valence-corrected chi connectivity index (χ2v) is 18.6. The van der Waals surface area contributed by atoms with E-state index in [0.717, 1.165) is 29.8 Å². The molecule has 2 saturated heterocycles. The first-order valence-electron chi connectivity index (χ1n) is 13.6. The van der Waals surface area contributed by atoms with E-state index in [-0.39, 0.29) is 37.7 Å². The quantitative estimate of drug-likeness (QED) is 0.308. The molecule has 0 saturated carbocycles. The van der Waals surface area contributed by atoms with Crippen LogP contribution in [0.4, 0.5) is 15.3 Å². The molecule has 2 aliphatic heterocycles. The molecule has 0 aliphatic carbocycles. The van der Waals surface area contributed by atoms with Crippen molar-refractivity contribution >= 4 is 54.3 Å². The van der Waals surface area contributed by atoms with Crippen molar-refractivity contribution in [2.24, 2.45) is 0 Å². The lowest BCUT2D eigenvalue weighted by atomic mass is 10.0. The van der Waals surface area contributed by atoms with Gasteiger partial charge in [0.1, 0.15) is 12.3 Å². The highest BCUT2D eigenvalue weighted by atomic mass is 35.5. The normalized spacial score (nSPS) is 17.9. The lowest BCUT2D eigenvalue weighted by Gasteiger charge is -2.34. The van der Waals surface area contributed by atoms with Crippen LogP contribution >= 0.6 is 11.6 Å². The Morgan fingerprint density at radius 3 is 2.46 bits per heavy atom. The van der Waals surface area contributed by atoms with Crippen LogP contribution in [0.25, 0.3) is 10.9 Å². The minimum Gasteiger partial charge on any atom is -0.444 e. The first-order chi connectivity index (χ1) is 18.2. The van der Waals surface area contributed by atoms with Gasteiger partial charge < -0.3 is 14.4 Å². The Labute approximate surface area is 236 Å². The van der Waals surface area contributed by atoms with Crippen LogP contribution in [0.1, 0.15) is 46.1 Å². The lowest BCUT2D eigenvalue weighted by Crippen LogP contribution is -2.53. The minimum absolute atomic E-state index is 0.0577. The van der Waals surface area contributed by atoms with Gasteiger partial charge in [0, 0.05) is 51.1 Å². The third-order valence-corrected chi connectivity index (χ3v) is 8.86. The summed E-state index contributed by atoms with van der Waals surface area (Å²) >= 11 is 6.55. The summed E-state index contributed by atoms with van der Waals surface area (Å²) in [7, 11) is -1.29. The summed E-state index contributed by atoms with van der Waals surface area (Å²) in [5.74, 6) is -0.241. The summed E-state index contributed by atoms with van der Waals surface area (Å²) in [4.78, 5) is 43.0. The molecule has 12 heteroatoms. The van der Waals surface area contributed by atoms with E-state index in [2.05, 4.69) is 24.7 Å². The largest absolute Gasteiger partial charge is 0.444 e. The molecule has 3 heterocycles. The molecule has 0 N–H and O–H groups in total. The van der Waals surface area contributed by atoms with Crippen molar-refractivity contribution in [3.05, 3.63) is 23.4 Å². The number of hydrogen-bond donors (Lipinski definition) is 0. The summed E-state index contributed by atoms with van der Waals surface area (Å²) in [6, 6.07) is 4.21. The van der Waals surface area contributed by atoms with Gasteiger partial charge in [-0.15, -0.1) is 0 Å². The molecular weight excluding hydrogens is 538 g/mol. The Morgan fingerprint density at radius 2 is 1.82 bits per heavy atom. The van der Waals surface area contributed by atoms with Crippen molar-refractivity contribution in [2.45, 2.75) is 77.4 Å². The molecule has 0 spiro atoms. The molecule has 1 aromatic heterocycles. The van der Waals surface area contributed by atoms with Crippen LogP contribution in [0.15, 0.2) is 18.3 Å². The fourth-order valence-corrected chi connectivity index (χ4v) is 5.77. The van der Waals surface area contributed by atoms with Crippen LogP contribution in [-0.2, 0) is 14.3 Å². The highest BCUT2D eigenvalue weighted by molar-refractivity contribution is 6.76. The van der Waals surface area contributed by atoms with E-state index in [0.29, 0.717) is 30.4 Å². The average molecular weight is 578 g/mol. The van der Waals surface area contributed by atoms with E-state index in [1.165, 1.54) is 4.90 Å². The van der Waals surface area contributed by atoms with E-state index in [9.17, 15) is 14.4 Å². The molecule has 214 valence electrons. The van der Waals surface area contributed by atoms with Crippen molar-refractivity contribution in [3.8, 4) is 0 Å². The summed E-state index contributed by atoms with van der Waals surface area (Å²) in [6.45, 7) is 14.2. The molecule has 4 amide bonds. The molecule has 39 heavy (non-hydrogen) atoms. The Balaban J connectivity index is 1.50. The van der Waals surface area contributed by atoms with Crippen molar-refractivity contribution in [1.29, 1.82) is 0 Å². The number of piperidine rings is 1. The first kappa shape index (κ1) is 29.4. The van der Waals surface area contributed by atoms with Gasteiger partial charge in [-0.1, -0.05) is 31.2 Å². The van der Waals surface area contributed by atoms with E-state index in [4.69, 9.17) is 21.1 Å². The molecule has 1 aromatic carbocycles. The molecule has 0 unspecified atom stereocenters. The van der Waals surface area contributed by atoms with Gasteiger partial charge in [0.05, 0.1) is 23.4 Å². The van der Waals surface area contributed by atoms with Gasteiger partial charge >= 0.3 is 12.1 Å². The van der Waals surface area contributed by atoms with Gasteiger partial charge in [-0.2, -0.15) is 5.10 Å². The molecule has 2 aliphatic rings. The fourth-order valence-electron chi connectivity index (χ4n) is 4.80. The standard InChI is InChI=1S/C27H40ClN5O5Si/c1-27(2,3)38-26(36)30-10-7-20(8-11-30)33-23-16-19(28)15-22(21(23)17-29-33)31-12-9-24(34)32(25(31)35)18-37-13-14-39(4,5)6/h15-17,20H,7-14,18H2,1-6H3. The zero-order chi connectivity index (χ0) is 28.5. The zero-order valence-corrected chi connectivity index (χ0v) is 25.6. The smallest absolute Gasteiger partial charge is 0.410 e. The van der Waals surface area contributed by atoms with E-state index >= 15 is 0 Å². The number of halogens is 1. The molecular formula is C27H40ClN5O5Si. The van der Waals surface area contributed by atoms with Crippen LogP contribution < -0.4 is 4.90 Å². The lowest BCUT2D eigenvalue weighted by molar-refractivity contribution is -0.133. The Bertz CT molecular complexity index is 1230. The van der Waals surface area contributed by atoms with Crippen LogP contribution in [0.3, 0.4) is 0 Å². The maximum absolute atomic E-state index is 13.4. The summed E-state index contributed by atoms with van der Waals surface area (Å²) < 4.78 is 13.2. The fraction of sp³-hybridized carbons (Fsp3) is 0.630. The van der Waals surface area contributed by atoms with Gasteiger partial charge in [-0.25, -0.2) is 14.5 Å². The van der Waals surface area contributed by atoms with Gasteiger partial charge in [0.2, 0.25) is 5.91 Å². The Kier molecular flexibility index (Phi) is 8.63. The topological polar surface area (TPSA) is 97.2 Å². The molecule has 0 radical (unpaired) electrons. The predicted octanol–water partition coefficient (Wildman–Crippen LogP) is 5.73. The monoisotopic (exact) mass is 577 g/mol. The number of rotatable bonds is 7. The molecule has 0 bridgehead atoms. The van der Waals surface area contributed by atoms with Gasteiger partial charge in [-0.05, 0) is 51.8 Å². The van der Waals surface area contributed by atoms with E-state index in [1.807, 2.05) is 31.5 Å². The average Bonchev–Trinajstić information content (AvgIpc) is 3.25. The number of benzene rings is 1. The minimum atomic E-state index is -1.29. The van der Waals surface area contributed by atoms with Crippen LogP contribution in [0, 0.1) is 0 Å². The van der Waals surface area contributed by atoms with Crippen molar-refractivity contribution < 1.29 is 23.9 Å². The number of likely N-dealkylation sites (tertiary alicyclic amines) is 1. The Hall–Kier alpha value is -2.63. The second kappa shape index (κ2) is 11.5. The summed E-state index contributed by atoms with van der Waals surface area (Å²) in [5, 5.41) is 5.94. The number of hydrogen-bond acceptors (Lipinski definition) is 6. The van der Waals surface area contributed by atoms with Crippen LogP contribution in [0.5, 0.6) is 0 Å². The number of ether oxygens (including phenoxy) is 2. The highest BCUT2D eigenvalue weighted by Crippen LogP contribution is 2.36. The number of carbonyl (C=O) groups excluding carboxylic acids is 3. The maximum atomic E-state index is 13.4. The van der Waals surface area contributed by atoms with Crippen molar-refractivity contribution in [1.82, 2.24) is 19.6 Å². The second-order valence-electron chi connectivity index (χ2n) is 12.5. The van der Waals surface area contributed by atoms with Gasteiger partial charge in [0.15, 0.2) is 0 Å². The van der Waals surface area contributed by atoms with Gasteiger partial charge in [0.25, 0.3) is 0 Å². The number of amides is 4. The summed E-state index contributed by atoms with van der Waals surface area (Å²) in [6.07, 6.45) is 3.09. The zero-order valence-electron chi connectivity index (χ0n) is 23.8. The molecule has 4 rings (SSSR count). The number of nitrogens with zero attached hydrogens (tertiary/aromatic N) is 5. The number of anilines is 1. The van der Waals surface area contributed by atoms with E-state index < -0.39 is 19.7 Å². The molecule has 10 nitrogen and oxygen atoms in total. The maximum Gasteiger partial charge on any atom is 0.410 e. The predicted molar refractivity (Wildman–Crippen MR) is 154 cm³/mol. The number of urea groups is 1. The third kappa shape index (κ3) is 7.12. The molecule has 0 atom stereocenters. The van der Waals surface area contributed by atoms with Crippen molar-refractivity contribution in [3.63, 3.8) is 0 Å². The molecule has 2 aromatic rings. The Morgan fingerprint density at radius 1 is 1.13 bits per heavy atom. The summed E-state index contributed by atoms with van der Waals surface area (Å²) in [5.41, 5.74) is 0.904. The number of carbonyl (C=O) groups is 3. The number of aromatic nitrogens is 2. The SMILES string of the molecule is CC(C)(C)OC(=O)N1CCC(n2ncc3c(N4CCC(=O)N(COCC[Si](C)(C)C)C4=O)cc(Cl)cc32)CC1. The third-order valence-electron chi connectivity index (χ3n) is 6.94. The van der Waals surface area contributed by atoms with Crippen LogP contribution in [0.2, 0.25) is 30.7 Å². The van der Waals surface area contributed by atoms with Crippen molar-refractivity contribution in [2.75, 3.05) is 37.9 Å². The van der Waals surface area contributed by atoms with Gasteiger partial charge in [-0.3, -0.25) is 14.4 Å². The number of fused-ring (bicyclic) bond motifs is 1. The highest BCUT2D eigenvalue weighted by Gasteiger charge is 2.35. The van der Waals surface area contributed by atoms with Crippen LogP contribution in [-0.4, -0.2) is 84.3 Å². The van der Waals surface area contributed by atoms with E-state index in [1.54, 1.807) is 22.1 Å². The molecule has 2 fully saturated rings.